The fourth-order valence-electron chi connectivity index (χ4n) is 4.85. The monoisotopic (exact) mass is 563 g/mol. The number of aliphatic hydroxyl groups is 1. The number of amides is 2. The number of imide groups is 1. The molecule has 218 valence electrons. The molecular weight excluding hydrogens is 526 g/mol. The molecule has 1 aliphatic heterocycles. The van der Waals surface area contributed by atoms with Gasteiger partial charge in [0.1, 0.15) is 6.10 Å². The maximum absolute atomic E-state index is 14.0. The molecule has 2 aromatic rings. The lowest BCUT2D eigenvalue weighted by molar-refractivity contribution is -0.158. The molecule has 1 saturated heterocycles. The Balaban J connectivity index is 1.86. The first-order valence-corrected chi connectivity index (χ1v) is 13.9. The van der Waals surface area contributed by atoms with Crippen LogP contribution in [-0.4, -0.2) is 58.3 Å². The van der Waals surface area contributed by atoms with E-state index in [4.69, 9.17) is 14.6 Å². The van der Waals surface area contributed by atoms with E-state index in [0.717, 1.165) is 36.8 Å². The zero-order chi connectivity index (χ0) is 29.8. The molecule has 1 N–H and O–H groups in total. The smallest absolute Gasteiger partial charge is 0.417 e. The molecule has 0 unspecified atom stereocenters. The van der Waals surface area contributed by atoms with Crippen LogP contribution in [0.15, 0.2) is 72.8 Å². The number of cyclic esters (lactones) is 1. The summed E-state index contributed by atoms with van der Waals surface area (Å²) < 4.78 is 10.9. The molecule has 0 radical (unpaired) electrons. The zero-order valence-electron chi connectivity index (χ0n) is 23.4. The molecule has 1 heterocycles. The third kappa shape index (κ3) is 8.94. The molecule has 0 saturated carbocycles. The van der Waals surface area contributed by atoms with E-state index in [1.54, 1.807) is 61.5 Å². The second-order valence-electron chi connectivity index (χ2n) is 10.1. The van der Waals surface area contributed by atoms with E-state index in [1.165, 1.54) is 0 Å². The van der Waals surface area contributed by atoms with Crippen molar-refractivity contribution in [3.05, 3.63) is 83.9 Å². The fraction of sp³-hybridized carbons (Fsp3) is 0.406. The minimum atomic E-state index is -1.57. The molecule has 3 rings (SSSR count). The highest BCUT2D eigenvalue weighted by atomic mass is 16.6. The van der Waals surface area contributed by atoms with Crippen LogP contribution in [-0.2, 0) is 35.1 Å². The second kappa shape index (κ2) is 15.6. The van der Waals surface area contributed by atoms with Crippen molar-refractivity contribution in [3.63, 3.8) is 0 Å². The Bertz CT molecular complexity index is 1230. The van der Waals surface area contributed by atoms with E-state index in [-0.39, 0.29) is 25.2 Å². The van der Waals surface area contributed by atoms with E-state index in [9.17, 15) is 24.0 Å². The van der Waals surface area contributed by atoms with Crippen LogP contribution in [0.5, 0.6) is 0 Å². The zero-order valence-corrected chi connectivity index (χ0v) is 23.4. The predicted octanol–water partition coefficient (Wildman–Crippen LogP) is 4.52. The molecule has 4 atom stereocenters. The highest BCUT2D eigenvalue weighted by molar-refractivity contribution is 6.04. The molecule has 2 amide bonds. The van der Waals surface area contributed by atoms with Gasteiger partial charge in [-0.1, -0.05) is 73.5 Å². The van der Waals surface area contributed by atoms with Gasteiger partial charge in [-0.05, 0) is 49.5 Å². The Hall–Kier alpha value is -4.11. The standard InChI is InChI=1S/C32H37NO8/c1-22-29(25-15-9-6-10-16-25)41-32(39)33(22)31(38)27(21-24-13-7-5-8-14-24)30(40-23(2)35)28(37)19-18-26(36)17-11-3-4-12-20-34/h5-10,13-16,18-19,22,27,29-30,34H,3-4,11-12,17,20-21H2,1-2H3/t22-,27+,29-,30-/m0/s1. The van der Waals surface area contributed by atoms with Gasteiger partial charge in [-0.2, -0.15) is 0 Å². The number of benzene rings is 2. The summed E-state index contributed by atoms with van der Waals surface area (Å²) in [5.74, 6) is -3.76. The summed E-state index contributed by atoms with van der Waals surface area (Å²) in [6, 6.07) is 17.2. The first-order chi connectivity index (χ1) is 19.7. The summed E-state index contributed by atoms with van der Waals surface area (Å²) in [4.78, 5) is 65.8. The predicted molar refractivity (Wildman–Crippen MR) is 150 cm³/mol. The van der Waals surface area contributed by atoms with E-state index >= 15 is 0 Å². The summed E-state index contributed by atoms with van der Waals surface area (Å²) in [6.45, 7) is 2.91. The summed E-state index contributed by atoms with van der Waals surface area (Å²) in [5, 5.41) is 8.87. The van der Waals surface area contributed by atoms with Crippen molar-refractivity contribution in [2.45, 2.75) is 70.6 Å². The minimum absolute atomic E-state index is 0.00249. The van der Waals surface area contributed by atoms with Crippen molar-refractivity contribution >= 4 is 29.5 Å². The number of ketones is 2. The Labute approximate surface area is 240 Å². The maximum atomic E-state index is 14.0. The van der Waals surface area contributed by atoms with E-state index in [0.29, 0.717) is 24.0 Å². The highest BCUT2D eigenvalue weighted by Crippen LogP contribution is 2.34. The number of hydrogen-bond acceptors (Lipinski definition) is 8. The first kappa shape index (κ1) is 31.4. The van der Waals surface area contributed by atoms with Crippen LogP contribution in [0.2, 0.25) is 0 Å². The van der Waals surface area contributed by atoms with Gasteiger partial charge in [-0.15, -0.1) is 0 Å². The Kier molecular flexibility index (Phi) is 12.0. The average molecular weight is 564 g/mol. The number of rotatable bonds is 15. The average Bonchev–Trinajstić information content (AvgIpc) is 3.27. The lowest BCUT2D eigenvalue weighted by Crippen LogP contribution is -2.48. The number of esters is 1. The van der Waals surface area contributed by atoms with Gasteiger partial charge < -0.3 is 14.6 Å². The van der Waals surface area contributed by atoms with Crippen molar-refractivity contribution in [2.24, 2.45) is 5.92 Å². The second-order valence-corrected chi connectivity index (χ2v) is 10.1. The topological polar surface area (TPSA) is 127 Å². The number of carbonyl (C=O) groups is 5. The number of carbonyl (C=O) groups excluding carboxylic acids is 5. The maximum Gasteiger partial charge on any atom is 0.417 e. The molecule has 1 fully saturated rings. The van der Waals surface area contributed by atoms with Gasteiger partial charge in [0.05, 0.1) is 12.0 Å². The van der Waals surface area contributed by atoms with Crippen LogP contribution in [0.3, 0.4) is 0 Å². The molecule has 0 bridgehead atoms. The molecule has 41 heavy (non-hydrogen) atoms. The highest BCUT2D eigenvalue weighted by Gasteiger charge is 2.48. The molecule has 1 aliphatic rings. The van der Waals surface area contributed by atoms with Gasteiger partial charge >= 0.3 is 12.1 Å². The van der Waals surface area contributed by atoms with Crippen molar-refractivity contribution in [1.82, 2.24) is 4.90 Å². The number of nitrogens with zero attached hydrogens (tertiary/aromatic N) is 1. The molecule has 9 heteroatoms. The van der Waals surface area contributed by atoms with Gasteiger partial charge in [0.25, 0.3) is 0 Å². The lowest BCUT2D eigenvalue weighted by atomic mass is 9.89. The normalized spacial score (nSPS) is 18.1. The Morgan fingerprint density at radius 1 is 0.951 bits per heavy atom. The minimum Gasteiger partial charge on any atom is -0.453 e. The van der Waals surface area contributed by atoms with Crippen molar-refractivity contribution < 1.29 is 38.6 Å². The van der Waals surface area contributed by atoms with Gasteiger partial charge in [-0.25, -0.2) is 9.69 Å². The third-order valence-corrected chi connectivity index (χ3v) is 6.95. The lowest BCUT2D eigenvalue weighted by Gasteiger charge is -2.28. The van der Waals surface area contributed by atoms with Crippen LogP contribution >= 0.6 is 0 Å². The largest absolute Gasteiger partial charge is 0.453 e. The molecular formula is C32H37NO8. The third-order valence-electron chi connectivity index (χ3n) is 6.95. The van der Waals surface area contributed by atoms with Gasteiger partial charge in [0, 0.05) is 20.0 Å². The fourth-order valence-corrected chi connectivity index (χ4v) is 4.85. The summed E-state index contributed by atoms with van der Waals surface area (Å²) in [6.07, 6.45) is 2.11. The van der Waals surface area contributed by atoms with Crippen molar-refractivity contribution in [2.75, 3.05) is 6.61 Å². The molecule has 0 spiro atoms. The van der Waals surface area contributed by atoms with E-state index < -0.39 is 47.9 Å². The van der Waals surface area contributed by atoms with Crippen LogP contribution in [0.4, 0.5) is 4.79 Å². The molecule has 0 aromatic heterocycles. The van der Waals surface area contributed by atoms with Gasteiger partial charge in [0.2, 0.25) is 5.91 Å². The van der Waals surface area contributed by atoms with Crippen LogP contribution in [0.1, 0.15) is 63.2 Å². The van der Waals surface area contributed by atoms with Crippen molar-refractivity contribution in [3.8, 4) is 0 Å². The van der Waals surface area contributed by atoms with Gasteiger partial charge in [0.15, 0.2) is 17.7 Å². The first-order valence-electron chi connectivity index (χ1n) is 13.9. The van der Waals surface area contributed by atoms with E-state index in [1.807, 2.05) is 6.07 Å². The van der Waals surface area contributed by atoms with Crippen LogP contribution in [0, 0.1) is 5.92 Å². The Morgan fingerprint density at radius 3 is 2.22 bits per heavy atom. The SMILES string of the molecule is CC(=O)O[C@H](C(=O)C=CC(=O)CCCCCCO)[C@@H](Cc1ccccc1)C(=O)N1C(=O)O[C@H](c2ccccc2)[C@@H]1C. The van der Waals surface area contributed by atoms with E-state index in [2.05, 4.69) is 0 Å². The summed E-state index contributed by atoms with van der Waals surface area (Å²) >= 11 is 0. The molecule has 9 nitrogen and oxygen atoms in total. The van der Waals surface area contributed by atoms with Gasteiger partial charge in [-0.3, -0.25) is 19.2 Å². The number of allylic oxidation sites excluding steroid dienone is 1. The molecule has 0 aliphatic carbocycles. The summed E-state index contributed by atoms with van der Waals surface area (Å²) in [7, 11) is 0. The van der Waals surface area contributed by atoms with Crippen molar-refractivity contribution in [1.29, 1.82) is 0 Å². The number of unbranched alkanes of at least 4 members (excludes halogenated alkanes) is 3. The Morgan fingerprint density at radius 2 is 1.59 bits per heavy atom. The summed E-state index contributed by atoms with van der Waals surface area (Å²) in [5.41, 5.74) is 1.41. The number of hydrogen-bond donors (Lipinski definition) is 1. The number of aliphatic hydroxyl groups excluding tert-OH is 1. The number of ether oxygens (including phenoxy) is 2. The molecule has 2 aromatic carbocycles. The van der Waals surface area contributed by atoms with Crippen LogP contribution in [0.25, 0.3) is 0 Å². The van der Waals surface area contributed by atoms with Crippen LogP contribution < -0.4 is 0 Å². The quantitative estimate of drug-likeness (QED) is 0.190.